The number of pyridine rings is 1. The first-order chi connectivity index (χ1) is 12.2. The average molecular weight is 369 g/mol. The molecule has 4 aromatic rings. The molecular weight excluding hydrogens is 356 g/mol. The molecule has 25 heavy (non-hydrogen) atoms. The fourth-order valence-electron chi connectivity index (χ4n) is 2.52. The van der Waals surface area contributed by atoms with Crippen LogP contribution >= 0.6 is 22.9 Å². The SMILES string of the molecule is O=C(Cc1csc2nc(-c3ccc(Cl)cc3)cn12)Nc1cccnc1. The highest BCUT2D eigenvalue weighted by Crippen LogP contribution is 2.25. The van der Waals surface area contributed by atoms with Crippen molar-refractivity contribution >= 4 is 39.5 Å². The van der Waals surface area contributed by atoms with Gasteiger partial charge in [0.25, 0.3) is 0 Å². The molecule has 0 spiro atoms. The summed E-state index contributed by atoms with van der Waals surface area (Å²) in [5.74, 6) is -0.0885. The number of anilines is 1. The van der Waals surface area contributed by atoms with Crippen LogP contribution in [0.4, 0.5) is 5.69 Å². The molecule has 4 rings (SSSR count). The summed E-state index contributed by atoms with van der Waals surface area (Å²) in [5, 5.41) is 5.49. The van der Waals surface area contributed by atoms with Crippen molar-refractivity contribution in [3.63, 3.8) is 0 Å². The van der Waals surface area contributed by atoms with E-state index in [1.807, 2.05) is 46.3 Å². The fourth-order valence-corrected chi connectivity index (χ4v) is 3.52. The number of benzene rings is 1. The number of carbonyl (C=O) groups excluding carboxylic acids is 1. The number of hydrogen-bond donors (Lipinski definition) is 1. The van der Waals surface area contributed by atoms with Crippen molar-refractivity contribution < 1.29 is 4.79 Å². The number of nitrogens with zero attached hydrogens (tertiary/aromatic N) is 3. The van der Waals surface area contributed by atoms with E-state index < -0.39 is 0 Å². The second-order valence-corrected chi connectivity index (χ2v) is 6.75. The lowest BCUT2D eigenvalue weighted by Crippen LogP contribution is -2.15. The number of fused-ring (bicyclic) bond motifs is 1. The topological polar surface area (TPSA) is 59.3 Å². The summed E-state index contributed by atoms with van der Waals surface area (Å²) in [7, 11) is 0. The van der Waals surface area contributed by atoms with E-state index in [9.17, 15) is 4.79 Å². The van der Waals surface area contributed by atoms with E-state index in [2.05, 4.69) is 15.3 Å². The van der Waals surface area contributed by atoms with Crippen molar-refractivity contribution in [1.29, 1.82) is 0 Å². The first kappa shape index (κ1) is 15.8. The summed E-state index contributed by atoms with van der Waals surface area (Å²) in [6, 6.07) is 11.1. The van der Waals surface area contributed by atoms with Crippen molar-refractivity contribution in [3.8, 4) is 11.3 Å². The molecule has 1 aromatic carbocycles. The molecule has 0 radical (unpaired) electrons. The van der Waals surface area contributed by atoms with Crippen molar-refractivity contribution in [3.05, 3.63) is 71.1 Å². The van der Waals surface area contributed by atoms with Gasteiger partial charge >= 0.3 is 0 Å². The van der Waals surface area contributed by atoms with Gasteiger partial charge in [-0.3, -0.25) is 14.2 Å². The van der Waals surface area contributed by atoms with Gasteiger partial charge in [-0.05, 0) is 24.3 Å². The maximum Gasteiger partial charge on any atom is 0.230 e. The molecule has 5 nitrogen and oxygen atoms in total. The average Bonchev–Trinajstić information content (AvgIpc) is 3.18. The number of amides is 1. The minimum Gasteiger partial charge on any atom is -0.324 e. The molecule has 3 heterocycles. The van der Waals surface area contributed by atoms with Gasteiger partial charge in [0.2, 0.25) is 5.91 Å². The van der Waals surface area contributed by atoms with Gasteiger partial charge in [0.15, 0.2) is 4.96 Å². The van der Waals surface area contributed by atoms with E-state index >= 15 is 0 Å². The number of carbonyl (C=O) groups is 1. The minimum absolute atomic E-state index is 0.0885. The van der Waals surface area contributed by atoms with E-state index in [1.54, 1.807) is 18.5 Å². The number of thiazole rings is 1. The van der Waals surface area contributed by atoms with Gasteiger partial charge in [-0.2, -0.15) is 0 Å². The van der Waals surface area contributed by atoms with Crippen LogP contribution < -0.4 is 5.32 Å². The Kier molecular flexibility index (Phi) is 4.21. The highest BCUT2D eigenvalue weighted by Gasteiger charge is 2.12. The van der Waals surface area contributed by atoms with Gasteiger partial charge in [0.05, 0.1) is 24.0 Å². The molecule has 0 aliphatic carbocycles. The lowest BCUT2D eigenvalue weighted by molar-refractivity contribution is -0.115. The number of nitrogens with one attached hydrogen (secondary N) is 1. The second kappa shape index (κ2) is 6.66. The zero-order valence-electron chi connectivity index (χ0n) is 13.0. The summed E-state index contributed by atoms with van der Waals surface area (Å²) in [6.07, 6.45) is 5.51. The van der Waals surface area contributed by atoms with Crippen LogP contribution in [-0.2, 0) is 11.2 Å². The predicted octanol–water partition coefficient (Wildman–Crippen LogP) is 4.29. The zero-order valence-corrected chi connectivity index (χ0v) is 14.6. The molecular formula is C18H13ClN4OS. The molecule has 0 atom stereocenters. The van der Waals surface area contributed by atoms with E-state index in [1.165, 1.54) is 11.3 Å². The smallest absolute Gasteiger partial charge is 0.230 e. The van der Waals surface area contributed by atoms with E-state index in [0.717, 1.165) is 21.9 Å². The molecule has 0 fully saturated rings. The first-order valence-electron chi connectivity index (χ1n) is 7.60. The standard InChI is InChI=1S/C18H13ClN4OS/c19-13-5-3-12(4-6-13)16-10-23-15(11-25-18(23)22-16)8-17(24)21-14-2-1-7-20-9-14/h1-7,9-11H,8H2,(H,21,24). The Morgan fingerprint density at radius 3 is 2.84 bits per heavy atom. The van der Waals surface area contributed by atoms with Crippen molar-refractivity contribution in [2.24, 2.45) is 0 Å². The van der Waals surface area contributed by atoms with Crippen LogP contribution in [0.5, 0.6) is 0 Å². The van der Waals surface area contributed by atoms with Crippen LogP contribution in [0, 0.1) is 0 Å². The zero-order chi connectivity index (χ0) is 17.2. The molecule has 0 aliphatic rings. The Morgan fingerprint density at radius 1 is 1.24 bits per heavy atom. The van der Waals surface area contributed by atoms with Gasteiger partial charge in [-0.15, -0.1) is 11.3 Å². The maximum atomic E-state index is 12.3. The molecule has 0 aliphatic heterocycles. The van der Waals surface area contributed by atoms with Crippen LogP contribution in [0.25, 0.3) is 16.2 Å². The molecule has 1 amide bonds. The number of imidazole rings is 1. The number of aromatic nitrogens is 3. The molecule has 0 saturated carbocycles. The number of rotatable bonds is 4. The van der Waals surface area contributed by atoms with Crippen LogP contribution in [-0.4, -0.2) is 20.3 Å². The number of hydrogen-bond acceptors (Lipinski definition) is 4. The van der Waals surface area contributed by atoms with Gasteiger partial charge < -0.3 is 5.32 Å². The lowest BCUT2D eigenvalue weighted by Gasteiger charge is -2.03. The summed E-state index contributed by atoms with van der Waals surface area (Å²) in [4.78, 5) is 21.7. The molecule has 0 bridgehead atoms. The Labute approximate surface area is 152 Å². The normalized spacial score (nSPS) is 10.9. The highest BCUT2D eigenvalue weighted by molar-refractivity contribution is 7.15. The quantitative estimate of drug-likeness (QED) is 0.584. The van der Waals surface area contributed by atoms with E-state index in [4.69, 9.17) is 11.6 Å². The Balaban J connectivity index is 1.56. The Hall–Kier alpha value is -2.70. The lowest BCUT2D eigenvalue weighted by atomic mass is 10.2. The van der Waals surface area contributed by atoms with E-state index in [0.29, 0.717) is 10.7 Å². The van der Waals surface area contributed by atoms with Crippen LogP contribution in [0.1, 0.15) is 5.69 Å². The van der Waals surface area contributed by atoms with Gasteiger partial charge in [0, 0.05) is 34.1 Å². The molecule has 3 aromatic heterocycles. The van der Waals surface area contributed by atoms with Crippen molar-refractivity contribution in [2.45, 2.75) is 6.42 Å². The van der Waals surface area contributed by atoms with Crippen molar-refractivity contribution in [2.75, 3.05) is 5.32 Å². The van der Waals surface area contributed by atoms with Gasteiger partial charge in [-0.25, -0.2) is 4.98 Å². The largest absolute Gasteiger partial charge is 0.324 e. The Bertz CT molecular complexity index is 1020. The molecule has 7 heteroatoms. The molecule has 1 N–H and O–H groups in total. The van der Waals surface area contributed by atoms with Crippen LogP contribution in [0.15, 0.2) is 60.4 Å². The molecule has 124 valence electrons. The molecule has 0 saturated heterocycles. The summed E-state index contributed by atoms with van der Waals surface area (Å²) in [6.45, 7) is 0. The molecule has 0 unspecified atom stereocenters. The minimum atomic E-state index is -0.0885. The third-order valence-electron chi connectivity index (χ3n) is 3.71. The predicted molar refractivity (Wildman–Crippen MR) is 100 cm³/mol. The number of halogens is 1. The van der Waals surface area contributed by atoms with Crippen molar-refractivity contribution in [1.82, 2.24) is 14.4 Å². The fraction of sp³-hybridized carbons (Fsp3) is 0.0556. The maximum absolute atomic E-state index is 12.3. The van der Waals surface area contributed by atoms with Gasteiger partial charge in [0.1, 0.15) is 0 Å². The monoisotopic (exact) mass is 368 g/mol. The van der Waals surface area contributed by atoms with Crippen LogP contribution in [0.2, 0.25) is 5.02 Å². The van der Waals surface area contributed by atoms with Gasteiger partial charge in [-0.1, -0.05) is 23.7 Å². The summed E-state index contributed by atoms with van der Waals surface area (Å²) >= 11 is 7.45. The van der Waals surface area contributed by atoms with E-state index in [-0.39, 0.29) is 12.3 Å². The first-order valence-corrected chi connectivity index (χ1v) is 8.86. The summed E-state index contributed by atoms with van der Waals surface area (Å²) in [5.41, 5.74) is 3.43. The highest BCUT2D eigenvalue weighted by atomic mass is 35.5. The summed E-state index contributed by atoms with van der Waals surface area (Å²) < 4.78 is 1.96. The third kappa shape index (κ3) is 3.40. The third-order valence-corrected chi connectivity index (χ3v) is 4.85. The second-order valence-electron chi connectivity index (χ2n) is 5.48. The Morgan fingerprint density at radius 2 is 2.08 bits per heavy atom. The van der Waals surface area contributed by atoms with Crippen LogP contribution in [0.3, 0.4) is 0 Å².